The van der Waals surface area contributed by atoms with E-state index in [1.807, 2.05) is 18.2 Å². The van der Waals surface area contributed by atoms with E-state index < -0.39 is 6.17 Å². The maximum Gasteiger partial charge on any atom is 0.106 e. The number of halogens is 1. The molecule has 1 N–H and O–H groups in total. The van der Waals surface area contributed by atoms with Crippen molar-refractivity contribution in [1.82, 2.24) is 5.32 Å². The normalized spacial score (nSPS) is 37.6. The van der Waals surface area contributed by atoms with Gasteiger partial charge >= 0.3 is 0 Å². The third-order valence-corrected chi connectivity index (χ3v) is 4.08. The van der Waals surface area contributed by atoms with Crippen LogP contribution in [0.25, 0.3) is 0 Å². The van der Waals surface area contributed by atoms with Gasteiger partial charge in [-0.3, -0.25) is 0 Å². The number of rotatable bonds is 2. The van der Waals surface area contributed by atoms with Crippen LogP contribution in [-0.2, 0) is 6.42 Å². The van der Waals surface area contributed by atoms with Crippen molar-refractivity contribution >= 4 is 0 Å². The van der Waals surface area contributed by atoms with Gasteiger partial charge in [0.1, 0.15) is 6.17 Å². The Balaban J connectivity index is 1.74. The van der Waals surface area contributed by atoms with Crippen LogP contribution in [0.1, 0.15) is 24.8 Å². The molecule has 0 aromatic heterocycles. The van der Waals surface area contributed by atoms with E-state index in [0.29, 0.717) is 18.5 Å². The third kappa shape index (κ3) is 1.86. The molecule has 1 aromatic rings. The standard InChI is InChI=1S/C14H18FN/c15-13-9-11-6-7-14(16-11)12(13)8-10-4-2-1-3-5-10/h1-5,11-14,16H,6-9H2. The van der Waals surface area contributed by atoms with Gasteiger partial charge in [0.15, 0.2) is 0 Å². The molecule has 2 aliphatic rings. The summed E-state index contributed by atoms with van der Waals surface area (Å²) in [6.45, 7) is 0. The quantitative estimate of drug-likeness (QED) is 0.806. The van der Waals surface area contributed by atoms with Gasteiger partial charge in [0.05, 0.1) is 0 Å². The highest BCUT2D eigenvalue weighted by molar-refractivity contribution is 5.17. The van der Waals surface area contributed by atoms with Gasteiger partial charge in [0, 0.05) is 18.0 Å². The summed E-state index contributed by atoms with van der Waals surface area (Å²) >= 11 is 0. The average molecular weight is 219 g/mol. The SMILES string of the molecule is FC1CC2CCC(N2)C1Cc1ccccc1. The van der Waals surface area contributed by atoms with E-state index in [-0.39, 0.29) is 5.92 Å². The minimum Gasteiger partial charge on any atom is -0.311 e. The molecule has 2 heteroatoms. The lowest BCUT2D eigenvalue weighted by molar-refractivity contribution is 0.136. The van der Waals surface area contributed by atoms with Crippen LogP contribution in [0.2, 0.25) is 0 Å². The van der Waals surface area contributed by atoms with Crippen LogP contribution < -0.4 is 5.32 Å². The number of hydrogen-bond donors (Lipinski definition) is 1. The van der Waals surface area contributed by atoms with Crippen molar-refractivity contribution in [2.24, 2.45) is 5.92 Å². The molecule has 2 bridgehead atoms. The van der Waals surface area contributed by atoms with Crippen LogP contribution in [-0.4, -0.2) is 18.3 Å². The largest absolute Gasteiger partial charge is 0.311 e. The van der Waals surface area contributed by atoms with Crippen LogP contribution in [0, 0.1) is 5.92 Å². The Morgan fingerprint density at radius 1 is 1.19 bits per heavy atom. The Hall–Kier alpha value is -0.890. The number of fused-ring (bicyclic) bond motifs is 2. The van der Waals surface area contributed by atoms with Gasteiger partial charge < -0.3 is 5.32 Å². The first-order valence-electron chi connectivity index (χ1n) is 6.27. The molecule has 86 valence electrons. The molecule has 0 amide bonds. The number of piperidine rings is 1. The topological polar surface area (TPSA) is 12.0 Å². The number of hydrogen-bond acceptors (Lipinski definition) is 1. The highest BCUT2D eigenvalue weighted by atomic mass is 19.1. The predicted octanol–water partition coefficient (Wildman–Crippen LogP) is 2.71. The van der Waals surface area contributed by atoms with Gasteiger partial charge in [-0.2, -0.15) is 0 Å². The summed E-state index contributed by atoms with van der Waals surface area (Å²) in [6, 6.07) is 11.2. The van der Waals surface area contributed by atoms with Crippen LogP contribution in [0.15, 0.2) is 30.3 Å². The van der Waals surface area contributed by atoms with E-state index >= 15 is 0 Å². The zero-order chi connectivity index (χ0) is 11.0. The summed E-state index contributed by atoms with van der Waals surface area (Å²) in [5.74, 6) is 0.182. The molecule has 3 rings (SSSR count). The van der Waals surface area contributed by atoms with Gasteiger partial charge in [0.2, 0.25) is 0 Å². The maximum absolute atomic E-state index is 14.0. The summed E-state index contributed by atoms with van der Waals surface area (Å²) in [6.07, 6.45) is 3.30. The fourth-order valence-electron chi connectivity index (χ4n) is 3.23. The fourth-order valence-corrected chi connectivity index (χ4v) is 3.23. The second kappa shape index (κ2) is 4.17. The smallest absolute Gasteiger partial charge is 0.106 e. The first-order chi connectivity index (χ1) is 7.83. The first kappa shape index (κ1) is 10.3. The van der Waals surface area contributed by atoms with Crippen molar-refractivity contribution in [3.05, 3.63) is 35.9 Å². The average Bonchev–Trinajstić information content (AvgIpc) is 2.70. The highest BCUT2D eigenvalue weighted by Crippen LogP contribution is 2.35. The molecular weight excluding hydrogens is 201 g/mol. The van der Waals surface area contributed by atoms with E-state index in [2.05, 4.69) is 17.4 Å². The molecule has 2 fully saturated rings. The summed E-state index contributed by atoms with van der Waals surface area (Å²) in [4.78, 5) is 0. The Kier molecular flexibility index (Phi) is 2.68. The molecule has 2 aliphatic heterocycles. The lowest BCUT2D eigenvalue weighted by atomic mass is 9.85. The van der Waals surface area contributed by atoms with E-state index in [1.54, 1.807) is 0 Å². The number of nitrogens with one attached hydrogen (secondary N) is 1. The Morgan fingerprint density at radius 2 is 2.00 bits per heavy atom. The second-order valence-electron chi connectivity index (χ2n) is 5.15. The molecule has 2 heterocycles. The molecule has 0 aliphatic carbocycles. The maximum atomic E-state index is 14.0. The lowest BCUT2D eigenvalue weighted by Gasteiger charge is -2.33. The van der Waals surface area contributed by atoms with Crippen molar-refractivity contribution in [3.63, 3.8) is 0 Å². The summed E-state index contributed by atoms with van der Waals surface area (Å²) in [5.41, 5.74) is 1.27. The molecule has 1 aromatic carbocycles. The van der Waals surface area contributed by atoms with E-state index in [9.17, 15) is 4.39 Å². The van der Waals surface area contributed by atoms with Crippen LogP contribution in [0.3, 0.4) is 0 Å². The summed E-state index contributed by atoms with van der Waals surface area (Å²) in [5, 5.41) is 3.55. The molecule has 0 spiro atoms. The number of benzene rings is 1. The molecule has 1 nitrogen and oxygen atoms in total. The molecule has 4 unspecified atom stereocenters. The van der Waals surface area contributed by atoms with Crippen molar-refractivity contribution < 1.29 is 4.39 Å². The van der Waals surface area contributed by atoms with Crippen molar-refractivity contribution in [2.45, 2.75) is 43.9 Å². The summed E-state index contributed by atoms with van der Waals surface area (Å²) in [7, 11) is 0. The molecule has 2 saturated heterocycles. The predicted molar refractivity (Wildman–Crippen MR) is 63.1 cm³/mol. The van der Waals surface area contributed by atoms with E-state index in [1.165, 1.54) is 5.56 Å². The van der Waals surface area contributed by atoms with Crippen LogP contribution in [0.5, 0.6) is 0 Å². The zero-order valence-corrected chi connectivity index (χ0v) is 9.40. The molecule has 0 saturated carbocycles. The van der Waals surface area contributed by atoms with E-state index in [4.69, 9.17) is 0 Å². The minimum absolute atomic E-state index is 0.182. The van der Waals surface area contributed by atoms with Crippen molar-refractivity contribution in [3.8, 4) is 0 Å². The van der Waals surface area contributed by atoms with Gasteiger partial charge in [0.25, 0.3) is 0 Å². The van der Waals surface area contributed by atoms with Crippen LogP contribution >= 0.6 is 0 Å². The fraction of sp³-hybridized carbons (Fsp3) is 0.571. The Morgan fingerprint density at radius 3 is 2.81 bits per heavy atom. The van der Waals surface area contributed by atoms with Crippen molar-refractivity contribution in [2.75, 3.05) is 0 Å². The third-order valence-electron chi connectivity index (χ3n) is 4.08. The van der Waals surface area contributed by atoms with Crippen molar-refractivity contribution in [1.29, 1.82) is 0 Å². The van der Waals surface area contributed by atoms with E-state index in [0.717, 1.165) is 19.3 Å². The Labute approximate surface area is 96.1 Å². The van der Waals surface area contributed by atoms with Gasteiger partial charge in [-0.15, -0.1) is 0 Å². The minimum atomic E-state index is -0.612. The monoisotopic (exact) mass is 219 g/mol. The lowest BCUT2D eigenvalue weighted by Crippen LogP contribution is -2.47. The van der Waals surface area contributed by atoms with Crippen LogP contribution in [0.4, 0.5) is 4.39 Å². The molecule has 4 atom stereocenters. The molecular formula is C14H18FN. The first-order valence-corrected chi connectivity index (χ1v) is 6.27. The second-order valence-corrected chi connectivity index (χ2v) is 5.15. The highest BCUT2D eigenvalue weighted by Gasteiger charge is 2.41. The number of alkyl halides is 1. The summed E-state index contributed by atoms with van der Waals surface area (Å²) < 4.78 is 14.0. The van der Waals surface area contributed by atoms with Gasteiger partial charge in [-0.05, 0) is 31.2 Å². The molecule has 16 heavy (non-hydrogen) atoms. The zero-order valence-electron chi connectivity index (χ0n) is 9.40. The molecule has 0 radical (unpaired) electrons. The Bertz CT molecular complexity index is 351. The van der Waals surface area contributed by atoms with Gasteiger partial charge in [-0.25, -0.2) is 4.39 Å². The van der Waals surface area contributed by atoms with Gasteiger partial charge in [-0.1, -0.05) is 30.3 Å².